The lowest BCUT2D eigenvalue weighted by molar-refractivity contribution is 0.0951. The summed E-state index contributed by atoms with van der Waals surface area (Å²) in [6.07, 6.45) is 3.42. The highest BCUT2D eigenvalue weighted by atomic mass is 35.5. The third-order valence-electron chi connectivity index (χ3n) is 5.78. The van der Waals surface area contributed by atoms with Gasteiger partial charge in [-0.1, -0.05) is 60.1 Å². The van der Waals surface area contributed by atoms with E-state index < -0.39 is 5.91 Å². The number of hydrogen-bond donors (Lipinski definition) is 3. The highest BCUT2D eigenvalue weighted by Gasteiger charge is 2.22. The van der Waals surface area contributed by atoms with Gasteiger partial charge in [0.1, 0.15) is 5.56 Å². The average Bonchev–Trinajstić information content (AvgIpc) is 3.25. The molecule has 0 saturated carbocycles. The monoisotopic (exact) mass is 441 g/mol. The van der Waals surface area contributed by atoms with Gasteiger partial charge in [-0.25, -0.2) is 0 Å². The van der Waals surface area contributed by atoms with Crippen LogP contribution in [0.4, 0.5) is 0 Å². The molecule has 1 atom stereocenters. The van der Waals surface area contributed by atoms with Crippen LogP contribution in [0.15, 0.2) is 90.0 Å². The second kappa shape index (κ2) is 8.36. The number of fused-ring (bicyclic) bond motifs is 2. The predicted octanol–water partition coefficient (Wildman–Crippen LogP) is 5.22. The van der Waals surface area contributed by atoms with Gasteiger partial charge >= 0.3 is 0 Å². The lowest BCUT2D eigenvalue weighted by atomic mass is 9.90. The normalized spacial score (nSPS) is 12.2. The first-order valence-electron chi connectivity index (χ1n) is 10.3. The number of pyridine rings is 1. The largest absolute Gasteiger partial charge is 0.361 e. The first-order chi connectivity index (χ1) is 15.6. The lowest BCUT2D eigenvalue weighted by Gasteiger charge is -2.19. The molecule has 1 amide bonds. The van der Waals surface area contributed by atoms with Crippen molar-refractivity contribution in [2.75, 3.05) is 6.54 Å². The topological polar surface area (TPSA) is 77.8 Å². The van der Waals surface area contributed by atoms with Crippen molar-refractivity contribution in [3.63, 3.8) is 0 Å². The number of para-hydroxylation sites is 2. The molecule has 3 N–H and O–H groups in total. The fourth-order valence-corrected chi connectivity index (χ4v) is 4.42. The summed E-state index contributed by atoms with van der Waals surface area (Å²) >= 11 is 6.53. The maximum atomic E-state index is 13.0. The molecule has 3 aromatic carbocycles. The number of amides is 1. The molecule has 158 valence electrons. The summed E-state index contributed by atoms with van der Waals surface area (Å²) < 4.78 is 0. The van der Waals surface area contributed by atoms with Gasteiger partial charge in [0, 0.05) is 51.7 Å². The number of benzene rings is 3. The Kier molecular flexibility index (Phi) is 5.25. The molecule has 6 heteroatoms. The molecule has 1 unspecified atom stereocenters. The zero-order valence-electron chi connectivity index (χ0n) is 17.1. The van der Waals surface area contributed by atoms with Crippen LogP contribution < -0.4 is 10.7 Å². The summed E-state index contributed by atoms with van der Waals surface area (Å²) in [6, 6.07) is 22.8. The van der Waals surface area contributed by atoms with E-state index in [9.17, 15) is 9.59 Å². The van der Waals surface area contributed by atoms with Gasteiger partial charge in [-0.2, -0.15) is 0 Å². The zero-order valence-corrected chi connectivity index (χ0v) is 17.8. The Hall–Kier alpha value is -3.83. The highest BCUT2D eigenvalue weighted by molar-refractivity contribution is 6.31. The number of nitrogens with one attached hydrogen (secondary N) is 3. The molecule has 0 bridgehead atoms. The van der Waals surface area contributed by atoms with Crippen LogP contribution in [0.5, 0.6) is 0 Å². The maximum Gasteiger partial charge on any atom is 0.256 e. The van der Waals surface area contributed by atoms with E-state index >= 15 is 0 Å². The average molecular weight is 442 g/mol. The predicted molar refractivity (Wildman–Crippen MR) is 128 cm³/mol. The molecular weight excluding hydrogens is 422 g/mol. The van der Waals surface area contributed by atoms with E-state index in [1.807, 2.05) is 66.9 Å². The Labute approximate surface area is 189 Å². The van der Waals surface area contributed by atoms with E-state index in [1.165, 1.54) is 6.20 Å². The van der Waals surface area contributed by atoms with Gasteiger partial charge in [0.2, 0.25) is 5.43 Å². The minimum atomic E-state index is -0.422. The van der Waals surface area contributed by atoms with Crippen LogP contribution >= 0.6 is 11.6 Å². The van der Waals surface area contributed by atoms with E-state index in [-0.39, 0.29) is 23.5 Å². The summed E-state index contributed by atoms with van der Waals surface area (Å²) in [5.74, 6) is -0.614. The molecule has 5 aromatic rings. The number of carbonyl (C=O) groups is 1. The van der Waals surface area contributed by atoms with Crippen molar-refractivity contribution in [2.45, 2.75) is 5.92 Å². The Bertz CT molecular complexity index is 1500. The number of aromatic nitrogens is 2. The number of hydrogen-bond acceptors (Lipinski definition) is 2. The molecule has 5 rings (SSSR count). The third-order valence-corrected chi connectivity index (χ3v) is 6.12. The van der Waals surface area contributed by atoms with Crippen molar-refractivity contribution in [3.8, 4) is 0 Å². The van der Waals surface area contributed by atoms with Gasteiger partial charge in [-0.15, -0.1) is 0 Å². The second-order valence-corrected chi connectivity index (χ2v) is 8.06. The van der Waals surface area contributed by atoms with Gasteiger partial charge in [0.15, 0.2) is 0 Å². The molecule has 2 aromatic heterocycles. The fourth-order valence-electron chi connectivity index (χ4n) is 4.15. The summed E-state index contributed by atoms with van der Waals surface area (Å²) in [5, 5.41) is 5.13. The summed E-state index contributed by atoms with van der Waals surface area (Å²) in [5.41, 5.74) is 3.44. The number of carbonyl (C=O) groups excluding carboxylic acids is 1. The van der Waals surface area contributed by atoms with Crippen LogP contribution in [0.3, 0.4) is 0 Å². The second-order valence-electron chi connectivity index (χ2n) is 7.65. The first-order valence-corrected chi connectivity index (χ1v) is 10.7. The van der Waals surface area contributed by atoms with Crippen molar-refractivity contribution in [3.05, 3.63) is 117 Å². The highest BCUT2D eigenvalue weighted by Crippen LogP contribution is 2.34. The molecule has 0 fully saturated rings. The minimum Gasteiger partial charge on any atom is -0.361 e. The maximum absolute atomic E-state index is 13.0. The van der Waals surface area contributed by atoms with Crippen molar-refractivity contribution >= 4 is 39.3 Å². The molecule has 2 heterocycles. The van der Waals surface area contributed by atoms with Crippen LogP contribution in [0, 0.1) is 0 Å². The Morgan fingerprint density at radius 3 is 2.22 bits per heavy atom. The van der Waals surface area contributed by atoms with Crippen molar-refractivity contribution in [2.24, 2.45) is 0 Å². The Balaban J connectivity index is 1.50. The Morgan fingerprint density at radius 2 is 1.44 bits per heavy atom. The minimum absolute atomic E-state index is 0.0838. The molecule has 0 aliphatic heterocycles. The van der Waals surface area contributed by atoms with E-state index in [0.29, 0.717) is 15.9 Å². The molecular formula is C26H20ClN3O2. The smallest absolute Gasteiger partial charge is 0.256 e. The van der Waals surface area contributed by atoms with E-state index in [1.54, 1.807) is 12.1 Å². The number of rotatable bonds is 5. The van der Waals surface area contributed by atoms with Gasteiger partial charge < -0.3 is 15.3 Å². The summed E-state index contributed by atoms with van der Waals surface area (Å²) in [6.45, 7) is 0.288. The molecule has 32 heavy (non-hydrogen) atoms. The van der Waals surface area contributed by atoms with Gasteiger partial charge in [0.05, 0.1) is 0 Å². The van der Waals surface area contributed by atoms with Crippen molar-refractivity contribution < 1.29 is 4.79 Å². The van der Waals surface area contributed by atoms with Crippen LogP contribution in [-0.2, 0) is 0 Å². The summed E-state index contributed by atoms with van der Waals surface area (Å²) in [7, 11) is 0. The summed E-state index contributed by atoms with van der Waals surface area (Å²) in [4.78, 5) is 32.2. The Morgan fingerprint density at radius 1 is 0.812 bits per heavy atom. The van der Waals surface area contributed by atoms with E-state index in [4.69, 9.17) is 11.6 Å². The third kappa shape index (κ3) is 3.57. The van der Waals surface area contributed by atoms with Gasteiger partial charge in [0.25, 0.3) is 5.91 Å². The van der Waals surface area contributed by atoms with Crippen LogP contribution in [-0.4, -0.2) is 22.4 Å². The first kappa shape index (κ1) is 20.1. The molecule has 0 aliphatic carbocycles. The SMILES string of the molecule is O=C(NCC(c1ccccc1Cl)c1c[nH]c2ccccc12)c1c[nH]c2ccccc2c1=O. The van der Waals surface area contributed by atoms with Crippen LogP contribution in [0.1, 0.15) is 27.4 Å². The van der Waals surface area contributed by atoms with E-state index in [2.05, 4.69) is 15.3 Å². The number of H-pyrrole nitrogens is 2. The lowest BCUT2D eigenvalue weighted by Crippen LogP contribution is -2.32. The van der Waals surface area contributed by atoms with Crippen LogP contribution in [0.25, 0.3) is 21.8 Å². The van der Waals surface area contributed by atoms with Crippen molar-refractivity contribution in [1.82, 2.24) is 15.3 Å². The molecule has 0 aliphatic rings. The quantitative estimate of drug-likeness (QED) is 0.349. The zero-order chi connectivity index (χ0) is 22.1. The van der Waals surface area contributed by atoms with E-state index in [0.717, 1.165) is 22.0 Å². The molecule has 0 saturated heterocycles. The molecule has 5 nitrogen and oxygen atoms in total. The van der Waals surface area contributed by atoms with Crippen molar-refractivity contribution in [1.29, 1.82) is 0 Å². The van der Waals surface area contributed by atoms with Crippen LogP contribution in [0.2, 0.25) is 5.02 Å². The van der Waals surface area contributed by atoms with Gasteiger partial charge in [-0.3, -0.25) is 9.59 Å². The fraction of sp³-hybridized carbons (Fsp3) is 0.0769. The standard InChI is InChI=1S/C26H20ClN3O2/c27-22-10-4-1-7-16(22)19(20-13-28-23-11-5-2-8-17(20)23)14-30-26(32)21-15-29-24-12-6-3-9-18(24)25(21)31/h1-13,15,19,28H,14H2,(H,29,31)(H,30,32). The molecule has 0 spiro atoms. The van der Waals surface area contributed by atoms with Gasteiger partial charge in [-0.05, 0) is 35.4 Å². The number of halogens is 1. The molecule has 0 radical (unpaired) electrons. The number of aromatic amines is 2.